The molecular weight excluding hydrogens is 264 g/mol. The van der Waals surface area contributed by atoms with Gasteiger partial charge in [-0.05, 0) is 26.0 Å². The summed E-state index contributed by atoms with van der Waals surface area (Å²) in [6.07, 6.45) is 2.03. The van der Waals surface area contributed by atoms with E-state index < -0.39 is 0 Å². The average molecular weight is 282 g/mol. The van der Waals surface area contributed by atoms with Crippen LogP contribution in [0.5, 0.6) is 0 Å². The van der Waals surface area contributed by atoms with Gasteiger partial charge < -0.3 is 5.32 Å². The maximum absolute atomic E-state index is 4.40. The lowest BCUT2D eigenvalue weighted by atomic mass is 10.1. The number of aromatic nitrogens is 5. The van der Waals surface area contributed by atoms with Gasteiger partial charge in [0.25, 0.3) is 0 Å². The van der Waals surface area contributed by atoms with E-state index in [-0.39, 0.29) is 0 Å². The van der Waals surface area contributed by atoms with Crippen molar-refractivity contribution in [1.29, 1.82) is 0 Å². The minimum Gasteiger partial charge on any atom is -0.380 e. The molecule has 0 bridgehead atoms. The summed E-state index contributed by atoms with van der Waals surface area (Å²) in [5.41, 5.74) is 4.22. The minimum absolute atomic E-state index is 0.707. The molecule has 0 atom stereocenters. The van der Waals surface area contributed by atoms with Gasteiger partial charge in [0.2, 0.25) is 0 Å². The van der Waals surface area contributed by atoms with E-state index in [0.29, 0.717) is 5.82 Å². The molecule has 0 aliphatic carbocycles. The van der Waals surface area contributed by atoms with Crippen molar-refractivity contribution in [2.75, 3.05) is 5.32 Å². The Bertz CT molecular complexity index is 755. The van der Waals surface area contributed by atoms with E-state index in [1.807, 2.05) is 56.0 Å². The normalized spacial score (nSPS) is 10.8. The van der Waals surface area contributed by atoms with Crippen molar-refractivity contribution in [3.8, 4) is 11.4 Å². The van der Waals surface area contributed by atoms with Crippen molar-refractivity contribution in [3.05, 3.63) is 47.5 Å². The van der Waals surface area contributed by atoms with Crippen molar-refractivity contribution in [2.45, 2.75) is 20.4 Å². The number of benzene rings is 1. The largest absolute Gasteiger partial charge is 0.380 e. The molecule has 21 heavy (non-hydrogen) atoms. The summed E-state index contributed by atoms with van der Waals surface area (Å²) in [4.78, 5) is 4.40. The number of hydrogen-bond donors (Lipinski definition) is 2. The van der Waals surface area contributed by atoms with Gasteiger partial charge in [-0.2, -0.15) is 10.2 Å². The molecule has 0 saturated heterocycles. The molecule has 0 saturated carbocycles. The summed E-state index contributed by atoms with van der Waals surface area (Å²) in [6.45, 7) is 4.63. The highest BCUT2D eigenvalue weighted by Crippen LogP contribution is 2.25. The van der Waals surface area contributed by atoms with Gasteiger partial charge >= 0.3 is 0 Å². The highest BCUT2D eigenvalue weighted by molar-refractivity contribution is 5.73. The minimum atomic E-state index is 0.707. The number of rotatable bonds is 4. The van der Waals surface area contributed by atoms with Gasteiger partial charge in [-0.25, -0.2) is 4.98 Å². The number of anilines is 1. The molecule has 0 unspecified atom stereocenters. The summed E-state index contributed by atoms with van der Waals surface area (Å²) in [5, 5.41) is 14.9. The highest BCUT2D eigenvalue weighted by Gasteiger charge is 2.10. The first-order chi connectivity index (χ1) is 10.1. The Morgan fingerprint density at radius 2 is 2.05 bits per heavy atom. The van der Waals surface area contributed by atoms with Crippen LogP contribution < -0.4 is 5.32 Å². The Balaban J connectivity index is 1.84. The number of hydrogen-bond acceptors (Lipinski definition) is 4. The maximum Gasteiger partial charge on any atom is 0.183 e. The third-order valence-corrected chi connectivity index (χ3v) is 3.35. The summed E-state index contributed by atoms with van der Waals surface area (Å²) in [7, 11) is 1.93. The summed E-state index contributed by atoms with van der Waals surface area (Å²) in [5.74, 6) is 1.52. The molecule has 0 amide bonds. The van der Waals surface area contributed by atoms with Crippen molar-refractivity contribution in [2.24, 2.45) is 7.05 Å². The molecule has 6 heteroatoms. The van der Waals surface area contributed by atoms with E-state index >= 15 is 0 Å². The van der Waals surface area contributed by atoms with Crippen molar-refractivity contribution in [1.82, 2.24) is 25.0 Å². The highest BCUT2D eigenvalue weighted by atomic mass is 15.3. The van der Waals surface area contributed by atoms with E-state index in [2.05, 4.69) is 25.6 Å². The number of nitrogens with zero attached hydrogens (tertiary/aromatic N) is 4. The van der Waals surface area contributed by atoms with Crippen molar-refractivity contribution < 1.29 is 0 Å². The topological polar surface area (TPSA) is 71.4 Å². The zero-order chi connectivity index (χ0) is 14.8. The lowest BCUT2D eigenvalue weighted by molar-refractivity contribution is 0.756. The Morgan fingerprint density at radius 1 is 1.24 bits per heavy atom. The van der Waals surface area contributed by atoms with E-state index in [0.717, 1.165) is 29.3 Å². The van der Waals surface area contributed by atoms with Crippen LogP contribution in [0.4, 0.5) is 5.69 Å². The fourth-order valence-electron chi connectivity index (χ4n) is 2.31. The van der Waals surface area contributed by atoms with E-state index in [1.165, 1.54) is 5.56 Å². The Labute approximate surface area is 123 Å². The van der Waals surface area contributed by atoms with Crippen LogP contribution in [0.1, 0.15) is 17.1 Å². The summed E-state index contributed by atoms with van der Waals surface area (Å²) < 4.78 is 1.83. The molecule has 108 valence electrons. The average Bonchev–Trinajstić information content (AvgIpc) is 3.02. The van der Waals surface area contributed by atoms with E-state index in [1.54, 1.807) is 0 Å². The Kier molecular flexibility index (Phi) is 3.43. The molecule has 0 fully saturated rings. The fourth-order valence-corrected chi connectivity index (χ4v) is 2.31. The van der Waals surface area contributed by atoms with Crippen LogP contribution >= 0.6 is 0 Å². The van der Waals surface area contributed by atoms with Gasteiger partial charge in [0, 0.05) is 36.6 Å². The first-order valence-electron chi connectivity index (χ1n) is 6.85. The Morgan fingerprint density at radius 3 is 2.71 bits per heavy atom. The monoisotopic (exact) mass is 282 g/mol. The van der Waals surface area contributed by atoms with E-state index in [9.17, 15) is 0 Å². The summed E-state index contributed by atoms with van der Waals surface area (Å²) in [6, 6.07) is 8.04. The molecule has 2 N–H and O–H groups in total. The van der Waals surface area contributed by atoms with Crippen LogP contribution in [0.2, 0.25) is 0 Å². The van der Waals surface area contributed by atoms with Crippen LogP contribution in [-0.2, 0) is 13.6 Å². The zero-order valence-corrected chi connectivity index (χ0v) is 12.4. The smallest absolute Gasteiger partial charge is 0.183 e. The molecule has 2 heterocycles. The fraction of sp³-hybridized carbons (Fsp3) is 0.267. The molecule has 0 spiro atoms. The molecule has 3 rings (SSSR count). The first-order valence-corrected chi connectivity index (χ1v) is 6.85. The molecule has 0 aliphatic rings. The predicted octanol–water partition coefficient (Wildman–Crippen LogP) is 2.43. The van der Waals surface area contributed by atoms with E-state index in [4.69, 9.17) is 0 Å². The van der Waals surface area contributed by atoms with Crippen LogP contribution in [0.15, 0.2) is 30.5 Å². The lowest BCUT2D eigenvalue weighted by Gasteiger charge is -2.09. The van der Waals surface area contributed by atoms with Gasteiger partial charge in [0.15, 0.2) is 5.82 Å². The third-order valence-electron chi connectivity index (χ3n) is 3.35. The maximum atomic E-state index is 4.40. The third kappa shape index (κ3) is 2.79. The van der Waals surface area contributed by atoms with Gasteiger partial charge in [0.05, 0.1) is 5.69 Å². The zero-order valence-electron chi connectivity index (χ0n) is 12.4. The second-order valence-corrected chi connectivity index (χ2v) is 5.06. The number of aromatic amines is 1. The molecular formula is C15H18N6. The number of H-pyrrole nitrogens is 1. The van der Waals surface area contributed by atoms with Crippen LogP contribution in [-0.4, -0.2) is 25.0 Å². The van der Waals surface area contributed by atoms with Gasteiger partial charge in [-0.3, -0.25) is 9.78 Å². The van der Waals surface area contributed by atoms with Crippen molar-refractivity contribution in [3.63, 3.8) is 0 Å². The standard InChI is InChI=1S/C15H18N6/c1-10-12(9-21(3)20-10)8-16-14-7-5-4-6-13(14)15-17-11(2)18-19-15/h4-7,9,16H,8H2,1-3H3,(H,17,18,19). The molecule has 2 aromatic heterocycles. The molecule has 6 nitrogen and oxygen atoms in total. The SMILES string of the molecule is Cc1nc(-c2ccccc2NCc2cn(C)nc2C)n[nH]1. The van der Waals surface area contributed by atoms with Gasteiger partial charge in [-0.15, -0.1) is 0 Å². The Hall–Kier alpha value is -2.63. The summed E-state index contributed by atoms with van der Waals surface area (Å²) >= 11 is 0. The van der Waals surface area contributed by atoms with Gasteiger partial charge in [-0.1, -0.05) is 12.1 Å². The number of para-hydroxylation sites is 1. The van der Waals surface area contributed by atoms with Crippen LogP contribution in [0.3, 0.4) is 0 Å². The van der Waals surface area contributed by atoms with Crippen LogP contribution in [0.25, 0.3) is 11.4 Å². The molecule has 0 aliphatic heterocycles. The van der Waals surface area contributed by atoms with Gasteiger partial charge in [0.1, 0.15) is 5.82 Å². The van der Waals surface area contributed by atoms with Crippen LogP contribution in [0, 0.1) is 13.8 Å². The predicted molar refractivity (Wildman–Crippen MR) is 81.8 cm³/mol. The second-order valence-electron chi connectivity index (χ2n) is 5.06. The second kappa shape index (κ2) is 5.40. The molecule has 0 radical (unpaired) electrons. The molecule has 1 aromatic carbocycles. The van der Waals surface area contributed by atoms with Crippen molar-refractivity contribution >= 4 is 5.69 Å². The lowest BCUT2D eigenvalue weighted by Crippen LogP contribution is -2.01. The quantitative estimate of drug-likeness (QED) is 0.771. The molecule has 3 aromatic rings. The number of aryl methyl sites for hydroxylation is 3. The number of nitrogens with one attached hydrogen (secondary N) is 2. The first kappa shape index (κ1) is 13.4.